The highest BCUT2D eigenvalue weighted by molar-refractivity contribution is 7.09. The van der Waals surface area contributed by atoms with Gasteiger partial charge in [0, 0.05) is 10.6 Å². The molecule has 0 aliphatic carbocycles. The van der Waals surface area contributed by atoms with Crippen molar-refractivity contribution in [2.75, 3.05) is 11.4 Å². The number of hydrogen-bond acceptors (Lipinski definition) is 4. The average Bonchev–Trinajstić information content (AvgIpc) is 2.91. The largest absolute Gasteiger partial charge is 0.357 e. The summed E-state index contributed by atoms with van der Waals surface area (Å²) in [6.45, 7) is 0.432. The summed E-state index contributed by atoms with van der Waals surface area (Å²) in [5.41, 5.74) is 5.61. The number of benzene rings is 1. The van der Waals surface area contributed by atoms with Crippen LogP contribution in [0.5, 0.6) is 0 Å². The minimum Gasteiger partial charge on any atom is -0.357 e. The van der Waals surface area contributed by atoms with Gasteiger partial charge in [0.25, 0.3) is 0 Å². The van der Waals surface area contributed by atoms with Crippen LogP contribution in [0.25, 0.3) is 0 Å². The predicted molar refractivity (Wildman–Crippen MR) is 79.5 cm³/mol. The van der Waals surface area contributed by atoms with Crippen molar-refractivity contribution < 1.29 is 14.0 Å². The number of thiophene rings is 1. The molecule has 0 aliphatic heterocycles. The molecule has 0 saturated carbocycles. The van der Waals surface area contributed by atoms with Gasteiger partial charge in [0.15, 0.2) is 0 Å². The van der Waals surface area contributed by atoms with Crippen LogP contribution in [0.3, 0.4) is 0 Å². The van der Waals surface area contributed by atoms with Gasteiger partial charge in [0.1, 0.15) is 5.82 Å². The normalized spacial score (nSPS) is 10.1. The SMILES string of the molecule is NC(=O)NC(=O)CN(Cc1cccs1)c1ccc(F)cc1. The zero-order chi connectivity index (χ0) is 15.2. The van der Waals surface area contributed by atoms with Gasteiger partial charge in [0.05, 0.1) is 13.1 Å². The second-order valence-electron chi connectivity index (χ2n) is 4.32. The molecule has 0 fully saturated rings. The van der Waals surface area contributed by atoms with Gasteiger partial charge in [-0.05, 0) is 35.7 Å². The minimum atomic E-state index is -0.893. The molecule has 2 rings (SSSR count). The van der Waals surface area contributed by atoms with Crippen LogP contribution >= 0.6 is 11.3 Å². The Morgan fingerprint density at radius 1 is 1.24 bits per heavy atom. The van der Waals surface area contributed by atoms with E-state index in [0.717, 1.165) is 4.88 Å². The minimum absolute atomic E-state index is 0.0491. The first-order valence-corrected chi connectivity index (χ1v) is 7.05. The molecule has 21 heavy (non-hydrogen) atoms. The van der Waals surface area contributed by atoms with Crippen LogP contribution in [-0.4, -0.2) is 18.5 Å². The van der Waals surface area contributed by atoms with E-state index in [2.05, 4.69) is 0 Å². The first-order chi connectivity index (χ1) is 10.0. The third-order valence-corrected chi connectivity index (χ3v) is 3.58. The van der Waals surface area contributed by atoms with Crippen LogP contribution in [0.15, 0.2) is 41.8 Å². The van der Waals surface area contributed by atoms with E-state index < -0.39 is 11.9 Å². The van der Waals surface area contributed by atoms with E-state index in [0.29, 0.717) is 12.2 Å². The van der Waals surface area contributed by atoms with Crippen molar-refractivity contribution in [1.82, 2.24) is 5.32 Å². The highest BCUT2D eigenvalue weighted by atomic mass is 32.1. The van der Waals surface area contributed by atoms with Crippen molar-refractivity contribution in [2.24, 2.45) is 5.73 Å². The Morgan fingerprint density at radius 3 is 2.52 bits per heavy atom. The zero-order valence-electron chi connectivity index (χ0n) is 11.1. The van der Waals surface area contributed by atoms with E-state index in [4.69, 9.17) is 5.73 Å². The Kier molecular flexibility index (Phi) is 4.89. The first-order valence-electron chi connectivity index (χ1n) is 6.17. The van der Waals surface area contributed by atoms with E-state index in [9.17, 15) is 14.0 Å². The maximum Gasteiger partial charge on any atom is 0.318 e. The predicted octanol–water partition coefficient (Wildman–Crippen LogP) is 2.09. The standard InChI is InChI=1S/C14H14FN3O2S/c15-10-3-5-11(6-4-10)18(8-12-2-1-7-21-12)9-13(19)17-14(16)20/h1-7H,8-9H2,(H3,16,17,19,20). The lowest BCUT2D eigenvalue weighted by Gasteiger charge is -2.23. The van der Waals surface area contributed by atoms with Crippen molar-refractivity contribution in [3.8, 4) is 0 Å². The van der Waals surface area contributed by atoms with Crippen molar-refractivity contribution in [3.63, 3.8) is 0 Å². The quantitative estimate of drug-likeness (QED) is 0.888. The molecule has 0 aliphatic rings. The second kappa shape index (κ2) is 6.85. The molecule has 3 amide bonds. The molecule has 7 heteroatoms. The summed E-state index contributed by atoms with van der Waals surface area (Å²) in [6.07, 6.45) is 0. The smallest absolute Gasteiger partial charge is 0.318 e. The number of amides is 3. The molecule has 1 aromatic heterocycles. The topological polar surface area (TPSA) is 75.4 Å². The van der Waals surface area contributed by atoms with Gasteiger partial charge in [-0.2, -0.15) is 0 Å². The molecular weight excluding hydrogens is 293 g/mol. The number of nitrogens with two attached hydrogens (primary N) is 1. The van der Waals surface area contributed by atoms with Crippen LogP contribution in [-0.2, 0) is 11.3 Å². The van der Waals surface area contributed by atoms with Gasteiger partial charge >= 0.3 is 6.03 Å². The van der Waals surface area contributed by atoms with Gasteiger partial charge in [0.2, 0.25) is 5.91 Å². The zero-order valence-corrected chi connectivity index (χ0v) is 11.9. The van der Waals surface area contributed by atoms with Crippen molar-refractivity contribution in [3.05, 3.63) is 52.5 Å². The van der Waals surface area contributed by atoms with E-state index >= 15 is 0 Å². The fourth-order valence-corrected chi connectivity index (χ4v) is 2.55. The van der Waals surface area contributed by atoms with Gasteiger partial charge in [-0.25, -0.2) is 9.18 Å². The average molecular weight is 307 g/mol. The molecule has 0 spiro atoms. The summed E-state index contributed by atoms with van der Waals surface area (Å²) in [6, 6.07) is 8.77. The van der Waals surface area contributed by atoms with Gasteiger partial charge in [-0.3, -0.25) is 10.1 Å². The van der Waals surface area contributed by atoms with Crippen LogP contribution < -0.4 is 16.0 Å². The molecule has 1 heterocycles. The maximum atomic E-state index is 13.0. The Hall–Kier alpha value is -2.41. The Bertz CT molecular complexity index is 614. The molecular formula is C14H14FN3O2S. The lowest BCUT2D eigenvalue weighted by Crippen LogP contribution is -2.42. The Balaban J connectivity index is 2.15. The summed E-state index contributed by atoms with van der Waals surface area (Å²) in [7, 11) is 0. The van der Waals surface area contributed by atoms with E-state index in [1.165, 1.54) is 12.1 Å². The first kappa shape index (κ1) is 15.0. The molecule has 0 atom stereocenters. The maximum absolute atomic E-state index is 13.0. The molecule has 0 bridgehead atoms. The summed E-state index contributed by atoms with van der Waals surface area (Å²) >= 11 is 1.55. The second-order valence-corrected chi connectivity index (χ2v) is 5.36. The number of nitrogens with one attached hydrogen (secondary N) is 1. The number of hydrogen-bond donors (Lipinski definition) is 2. The number of primary amides is 1. The van der Waals surface area contributed by atoms with E-state index in [1.807, 2.05) is 22.8 Å². The number of nitrogens with zero attached hydrogens (tertiary/aromatic N) is 1. The van der Waals surface area contributed by atoms with Crippen molar-refractivity contribution >= 4 is 29.0 Å². The monoisotopic (exact) mass is 307 g/mol. The fraction of sp³-hybridized carbons (Fsp3) is 0.143. The van der Waals surface area contributed by atoms with Gasteiger partial charge in [-0.1, -0.05) is 6.07 Å². The number of carbonyl (C=O) groups is 2. The fourth-order valence-electron chi connectivity index (χ4n) is 1.83. The molecule has 0 saturated heterocycles. The highest BCUT2D eigenvalue weighted by Crippen LogP contribution is 2.19. The number of halogens is 1. The number of imide groups is 1. The third kappa shape index (κ3) is 4.57. The summed E-state index contributed by atoms with van der Waals surface area (Å²) in [5.74, 6) is -0.861. The van der Waals surface area contributed by atoms with Gasteiger partial charge in [-0.15, -0.1) is 11.3 Å². The number of rotatable bonds is 5. The van der Waals surface area contributed by atoms with Gasteiger partial charge < -0.3 is 10.6 Å². The summed E-state index contributed by atoms with van der Waals surface area (Å²) in [5, 5.41) is 3.95. The van der Waals surface area contributed by atoms with Crippen LogP contribution in [0.4, 0.5) is 14.9 Å². The summed E-state index contributed by atoms with van der Waals surface area (Å²) in [4.78, 5) is 25.2. The van der Waals surface area contributed by atoms with Crippen LogP contribution in [0, 0.1) is 5.82 Å². The molecule has 5 nitrogen and oxygen atoms in total. The molecule has 0 radical (unpaired) electrons. The van der Waals surface area contributed by atoms with Crippen molar-refractivity contribution in [1.29, 1.82) is 0 Å². The Labute approximate surface area is 125 Å². The third-order valence-electron chi connectivity index (χ3n) is 2.72. The molecule has 110 valence electrons. The highest BCUT2D eigenvalue weighted by Gasteiger charge is 2.14. The van der Waals surface area contributed by atoms with E-state index in [1.54, 1.807) is 28.4 Å². The molecule has 2 aromatic rings. The summed E-state index contributed by atoms with van der Waals surface area (Å²) < 4.78 is 13.0. The lowest BCUT2D eigenvalue weighted by atomic mass is 10.2. The number of carbonyl (C=O) groups excluding carboxylic acids is 2. The Morgan fingerprint density at radius 2 is 1.95 bits per heavy atom. The lowest BCUT2D eigenvalue weighted by molar-refractivity contribution is -0.118. The van der Waals surface area contributed by atoms with Crippen molar-refractivity contribution in [2.45, 2.75) is 6.54 Å². The molecule has 0 unspecified atom stereocenters. The van der Waals surface area contributed by atoms with Crippen LogP contribution in [0.2, 0.25) is 0 Å². The number of anilines is 1. The molecule has 1 aromatic carbocycles. The number of urea groups is 1. The van der Waals surface area contributed by atoms with Crippen LogP contribution in [0.1, 0.15) is 4.88 Å². The van der Waals surface area contributed by atoms with E-state index in [-0.39, 0.29) is 12.4 Å². The molecule has 3 N–H and O–H groups in total.